The number of likely N-dealkylation sites (N-methyl/N-ethyl adjacent to an activating group) is 1. The lowest BCUT2D eigenvalue weighted by molar-refractivity contribution is -0.130. The van der Waals surface area contributed by atoms with Crippen LogP contribution < -0.4 is 16.4 Å². The van der Waals surface area contributed by atoms with Gasteiger partial charge >= 0.3 is 0 Å². The lowest BCUT2D eigenvalue weighted by Gasteiger charge is -2.19. The molecule has 5 N–H and O–H groups in total. The first-order valence-electron chi connectivity index (χ1n) is 3.92. The Kier molecular flexibility index (Phi) is 5.01. The summed E-state index contributed by atoms with van der Waals surface area (Å²) in [6.07, 6.45) is -0.949. The molecule has 0 radical (unpaired) electrons. The molecule has 0 saturated carbocycles. The van der Waals surface area contributed by atoms with Gasteiger partial charge in [-0.15, -0.1) is 0 Å². The van der Waals surface area contributed by atoms with Gasteiger partial charge in [0.1, 0.15) is 6.04 Å². The summed E-state index contributed by atoms with van der Waals surface area (Å²) in [5, 5.41) is 13.8. The number of carbonyl (C=O) groups is 2. The fourth-order valence-corrected chi connectivity index (χ4v) is 0.793. The highest BCUT2D eigenvalue weighted by Gasteiger charge is 2.23. The van der Waals surface area contributed by atoms with Crippen LogP contribution >= 0.6 is 0 Å². The molecule has 0 rings (SSSR count). The summed E-state index contributed by atoms with van der Waals surface area (Å²) in [6, 6.07) is -0.943. The summed E-state index contributed by atoms with van der Waals surface area (Å²) in [7, 11) is 1.42. The zero-order valence-electron chi connectivity index (χ0n) is 7.70. The van der Waals surface area contributed by atoms with E-state index >= 15 is 0 Å². The van der Waals surface area contributed by atoms with Crippen molar-refractivity contribution in [1.29, 1.82) is 0 Å². The molecule has 0 aliphatic carbocycles. The van der Waals surface area contributed by atoms with E-state index in [2.05, 4.69) is 10.6 Å². The third-order valence-corrected chi connectivity index (χ3v) is 1.51. The maximum absolute atomic E-state index is 11.1. The fraction of sp³-hybridized carbons (Fsp3) is 0.714. The summed E-state index contributed by atoms with van der Waals surface area (Å²) < 4.78 is 0. The Hall–Kier alpha value is -1.14. The highest BCUT2D eigenvalue weighted by atomic mass is 16.3. The smallest absolute Gasteiger partial charge is 0.245 e. The van der Waals surface area contributed by atoms with E-state index in [1.165, 1.54) is 14.0 Å². The van der Waals surface area contributed by atoms with E-state index < -0.39 is 24.0 Å². The fourth-order valence-electron chi connectivity index (χ4n) is 0.793. The van der Waals surface area contributed by atoms with Crippen molar-refractivity contribution >= 4 is 11.8 Å². The SMILES string of the molecule is CNC(=O)C(NC(=O)CN)C(C)O. The Balaban J connectivity index is 4.26. The van der Waals surface area contributed by atoms with E-state index in [-0.39, 0.29) is 6.54 Å². The highest BCUT2D eigenvalue weighted by molar-refractivity contribution is 5.88. The summed E-state index contributed by atoms with van der Waals surface area (Å²) in [4.78, 5) is 21.9. The maximum Gasteiger partial charge on any atom is 0.245 e. The van der Waals surface area contributed by atoms with Crippen LogP contribution in [0.2, 0.25) is 0 Å². The molecule has 0 bridgehead atoms. The van der Waals surface area contributed by atoms with Crippen molar-refractivity contribution in [3.63, 3.8) is 0 Å². The Morgan fingerprint density at radius 1 is 1.54 bits per heavy atom. The number of rotatable bonds is 4. The van der Waals surface area contributed by atoms with E-state index in [0.717, 1.165) is 0 Å². The second-order valence-electron chi connectivity index (χ2n) is 2.60. The number of amides is 2. The number of nitrogens with one attached hydrogen (secondary N) is 2. The molecule has 2 unspecified atom stereocenters. The molecule has 13 heavy (non-hydrogen) atoms. The number of nitrogens with two attached hydrogens (primary N) is 1. The van der Waals surface area contributed by atoms with Crippen molar-refractivity contribution in [3.8, 4) is 0 Å². The normalized spacial score (nSPS) is 14.5. The molecule has 0 fully saturated rings. The van der Waals surface area contributed by atoms with Crippen LogP contribution in [0.15, 0.2) is 0 Å². The minimum Gasteiger partial charge on any atom is -0.391 e. The van der Waals surface area contributed by atoms with E-state index in [1.54, 1.807) is 0 Å². The van der Waals surface area contributed by atoms with Gasteiger partial charge in [0.15, 0.2) is 0 Å². The monoisotopic (exact) mass is 189 g/mol. The van der Waals surface area contributed by atoms with Gasteiger partial charge in [-0.25, -0.2) is 0 Å². The largest absolute Gasteiger partial charge is 0.391 e. The molecule has 0 aliphatic heterocycles. The molecule has 2 atom stereocenters. The van der Waals surface area contributed by atoms with Crippen LogP contribution in [0.5, 0.6) is 0 Å². The van der Waals surface area contributed by atoms with Crippen LogP contribution in [-0.4, -0.2) is 42.7 Å². The average molecular weight is 189 g/mol. The summed E-state index contributed by atoms with van der Waals surface area (Å²) in [6.45, 7) is 1.21. The number of aliphatic hydroxyl groups is 1. The molecule has 0 aromatic carbocycles. The number of aliphatic hydroxyl groups excluding tert-OH is 1. The summed E-state index contributed by atoms with van der Waals surface area (Å²) in [5.41, 5.74) is 5.04. The predicted molar refractivity (Wildman–Crippen MR) is 46.7 cm³/mol. The maximum atomic E-state index is 11.1. The molecule has 0 aromatic rings. The molecular formula is C7H15N3O3. The van der Waals surface area contributed by atoms with Crippen LogP contribution in [0, 0.1) is 0 Å². The molecule has 0 saturated heterocycles. The lowest BCUT2D eigenvalue weighted by Crippen LogP contribution is -2.52. The van der Waals surface area contributed by atoms with Gasteiger partial charge in [0.25, 0.3) is 0 Å². The van der Waals surface area contributed by atoms with Gasteiger partial charge in [-0.05, 0) is 6.92 Å². The average Bonchev–Trinajstić information content (AvgIpc) is 2.11. The first kappa shape index (κ1) is 11.9. The van der Waals surface area contributed by atoms with Gasteiger partial charge in [-0.2, -0.15) is 0 Å². The number of hydrogen-bond donors (Lipinski definition) is 4. The van der Waals surface area contributed by atoms with Crippen molar-refractivity contribution in [1.82, 2.24) is 10.6 Å². The van der Waals surface area contributed by atoms with E-state index in [4.69, 9.17) is 10.8 Å². The second-order valence-corrected chi connectivity index (χ2v) is 2.60. The van der Waals surface area contributed by atoms with Gasteiger partial charge < -0.3 is 21.5 Å². The lowest BCUT2D eigenvalue weighted by atomic mass is 10.1. The highest BCUT2D eigenvalue weighted by Crippen LogP contribution is 1.92. The summed E-state index contributed by atoms with van der Waals surface area (Å²) >= 11 is 0. The van der Waals surface area contributed by atoms with E-state index in [0.29, 0.717) is 0 Å². The number of hydrogen-bond acceptors (Lipinski definition) is 4. The molecule has 0 aliphatic rings. The van der Waals surface area contributed by atoms with Crippen molar-refractivity contribution in [2.75, 3.05) is 13.6 Å². The zero-order chi connectivity index (χ0) is 10.4. The molecule has 76 valence electrons. The minimum absolute atomic E-state index is 0.208. The van der Waals surface area contributed by atoms with Crippen LogP contribution in [0.4, 0.5) is 0 Å². The van der Waals surface area contributed by atoms with Crippen LogP contribution in [0.25, 0.3) is 0 Å². The predicted octanol–water partition coefficient (Wildman–Crippen LogP) is -2.44. The topological polar surface area (TPSA) is 104 Å². The molecule has 6 nitrogen and oxygen atoms in total. The first-order chi connectivity index (χ1) is 6.02. The zero-order valence-corrected chi connectivity index (χ0v) is 7.70. The van der Waals surface area contributed by atoms with Crippen molar-refractivity contribution in [2.45, 2.75) is 19.1 Å². The minimum atomic E-state index is -0.949. The van der Waals surface area contributed by atoms with Gasteiger partial charge in [-0.3, -0.25) is 9.59 Å². The van der Waals surface area contributed by atoms with Gasteiger partial charge in [0, 0.05) is 7.05 Å². The molecule has 6 heteroatoms. The van der Waals surface area contributed by atoms with Crippen LogP contribution in [0.3, 0.4) is 0 Å². The molecule has 0 spiro atoms. The Morgan fingerprint density at radius 2 is 2.08 bits per heavy atom. The Labute approximate surface area is 76.5 Å². The quantitative estimate of drug-likeness (QED) is 0.394. The van der Waals surface area contributed by atoms with Gasteiger partial charge in [0.2, 0.25) is 11.8 Å². The van der Waals surface area contributed by atoms with Crippen molar-refractivity contribution in [3.05, 3.63) is 0 Å². The molecule has 0 aromatic heterocycles. The Morgan fingerprint density at radius 3 is 2.38 bits per heavy atom. The molecule has 2 amide bonds. The second kappa shape index (κ2) is 5.50. The van der Waals surface area contributed by atoms with Crippen LogP contribution in [0.1, 0.15) is 6.92 Å². The van der Waals surface area contributed by atoms with Crippen molar-refractivity contribution < 1.29 is 14.7 Å². The van der Waals surface area contributed by atoms with Crippen molar-refractivity contribution in [2.24, 2.45) is 5.73 Å². The van der Waals surface area contributed by atoms with E-state index in [9.17, 15) is 9.59 Å². The number of carbonyl (C=O) groups excluding carboxylic acids is 2. The molecule has 0 heterocycles. The van der Waals surface area contributed by atoms with Gasteiger partial charge in [0.05, 0.1) is 12.6 Å². The third-order valence-electron chi connectivity index (χ3n) is 1.51. The first-order valence-corrected chi connectivity index (χ1v) is 3.92. The Bertz CT molecular complexity index is 193. The summed E-state index contributed by atoms with van der Waals surface area (Å²) in [5.74, 6) is -0.925. The third kappa shape index (κ3) is 3.86. The molecular weight excluding hydrogens is 174 g/mol. The van der Waals surface area contributed by atoms with Gasteiger partial charge in [-0.1, -0.05) is 0 Å². The van der Waals surface area contributed by atoms with Crippen LogP contribution in [-0.2, 0) is 9.59 Å². The standard InChI is InChI=1S/C7H15N3O3/c1-4(11)6(7(13)9-2)10-5(12)3-8/h4,6,11H,3,8H2,1-2H3,(H,9,13)(H,10,12). The van der Waals surface area contributed by atoms with E-state index in [1.807, 2.05) is 0 Å².